The Hall–Kier alpha value is -3.35. The third kappa shape index (κ3) is 2.59. The van der Waals surface area contributed by atoms with Gasteiger partial charge in [-0.15, -0.1) is 10.2 Å². The molecule has 0 amide bonds. The number of pyridine rings is 1. The minimum Gasteiger partial charge on any atom is -0.338 e. The average molecular weight is 303 g/mol. The van der Waals surface area contributed by atoms with Crippen molar-refractivity contribution in [1.29, 1.82) is 0 Å². The second-order valence-electron chi connectivity index (χ2n) is 5.16. The highest BCUT2D eigenvalue weighted by atomic mass is 15.4. The predicted octanol–water partition coefficient (Wildman–Crippen LogP) is 2.66. The van der Waals surface area contributed by atoms with Crippen molar-refractivity contribution in [1.82, 2.24) is 25.1 Å². The van der Waals surface area contributed by atoms with E-state index in [-0.39, 0.29) is 0 Å². The van der Waals surface area contributed by atoms with Crippen LogP contribution < -0.4 is 5.43 Å². The zero-order valence-electron chi connectivity index (χ0n) is 12.4. The van der Waals surface area contributed by atoms with Crippen molar-refractivity contribution in [2.45, 2.75) is 6.92 Å². The first-order chi connectivity index (χ1) is 11.3. The summed E-state index contributed by atoms with van der Waals surface area (Å²) in [5, 5.41) is 13.4. The molecule has 2 N–H and O–H groups in total. The zero-order chi connectivity index (χ0) is 15.6. The molecule has 0 bridgehead atoms. The number of aromatic nitrogens is 5. The fourth-order valence-corrected chi connectivity index (χ4v) is 2.35. The van der Waals surface area contributed by atoms with E-state index < -0.39 is 0 Å². The Labute approximate surface area is 131 Å². The van der Waals surface area contributed by atoms with Crippen molar-refractivity contribution >= 4 is 34.2 Å². The Morgan fingerprint density at radius 3 is 2.87 bits per heavy atom. The van der Waals surface area contributed by atoms with Gasteiger partial charge in [-0.05, 0) is 36.8 Å². The van der Waals surface area contributed by atoms with Crippen LogP contribution in [0.25, 0.3) is 22.1 Å². The Bertz CT molecular complexity index is 1000. The highest BCUT2D eigenvalue weighted by Gasteiger charge is 2.08. The average Bonchev–Trinajstić information content (AvgIpc) is 2.93. The molecule has 0 aliphatic heterocycles. The van der Waals surface area contributed by atoms with Crippen LogP contribution in [0.5, 0.6) is 0 Å². The summed E-state index contributed by atoms with van der Waals surface area (Å²) in [7, 11) is 0. The molecule has 7 heteroatoms. The fraction of sp³-hybridized carbons (Fsp3) is 0.0625. The van der Waals surface area contributed by atoms with Crippen molar-refractivity contribution in [3.05, 3.63) is 53.9 Å². The number of rotatable bonds is 3. The van der Waals surface area contributed by atoms with Gasteiger partial charge in [0.05, 0.1) is 6.21 Å². The molecule has 112 valence electrons. The van der Waals surface area contributed by atoms with Crippen LogP contribution in [0.3, 0.4) is 0 Å². The van der Waals surface area contributed by atoms with Crippen LogP contribution in [-0.2, 0) is 0 Å². The molecule has 0 spiro atoms. The van der Waals surface area contributed by atoms with Crippen molar-refractivity contribution in [2.75, 3.05) is 5.43 Å². The molecule has 7 nitrogen and oxygen atoms in total. The summed E-state index contributed by atoms with van der Waals surface area (Å²) >= 11 is 0. The Morgan fingerprint density at radius 1 is 1.13 bits per heavy atom. The number of benzene rings is 1. The lowest BCUT2D eigenvalue weighted by atomic mass is 10.2. The summed E-state index contributed by atoms with van der Waals surface area (Å²) in [5.41, 5.74) is 7.32. The SMILES string of the molecule is Cc1ccc2[nH]c3nc(NN=Cc4ccncc4)nnc3c2c1. The molecular weight excluding hydrogens is 290 g/mol. The first kappa shape index (κ1) is 13.3. The van der Waals surface area contributed by atoms with E-state index in [0.717, 1.165) is 22.0 Å². The van der Waals surface area contributed by atoms with Gasteiger partial charge in [-0.1, -0.05) is 11.6 Å². The molecule has 0 saturated carbocycles. The quantitative estimate of drug-likeness (QED) is 0.448. The molecule has 0 radical (unpaired) electrons. The number of hydrazone groups is 1. The maximum Gasteiger partial charge on any atom is 0.265 e. The zero-order valence-corrected chi connectivity index (χ0v) is 12.4. The number of hydrogen-bond acceptors (Lipinski definition) is 6. The third-order valence-electron chi connectivity index (χ3n) is 3.45. The molecule has 0 atom stereocenters. The molecule has 23 heavy (non-hydrogen) atoms. The second-order valence-corrected chi connectivity index (χ2v) is 5.16. The number of aryl methyl sites for hydroxylation is 1. The minimum absolute atomic E-state index is 0.339. The molecule has 3 aromatic heterocycles. The number of H-pyrrole nitrogens is 1. The molecule has 4 rings (SSSR count). The van der Waals surface area contributed by atoms with Gasteiger partial charge in [0.15, 0.2) is 5.65 Å². The molecular formula is C16H13N7. The van der Waals surface area contributed by atoms with Crippen LogP contribution in [0.15, 0.2) is 47.8 Å². The fourth-order valence-electron chi connectivity index (χ4n) is 2.35. The summed E-state index contributed by atoms with van der Waals surface area (Å²) in [6.07, 6.45) is 5.08. The largest absolute Gasteiger partial charge is 0.338 e. The molecule has 4 aromatic rings. The number of nitrogens with zero attached hydrogens (tertiary/aromatic N) is 5. The first-order valence-corrected chi connectivity index (χ1v) is 7.11. The van der Waals surface area contributed by atoms with Gasteiger partial charge in [0, 0.05) is 23.3 Å². The van der Waals surface area contributed by atoms with E-state index in [1.54, 1.807) is 18.6 Å². The van der Waals surface area contributed by atoms with Gasteiger partial charge in [-0.25, -0.2) is 5.43 Å². The van der Waals surface area contributed by atoms with Gasteiger partial charge in [0.25, 0.3) is 5.95 Å². The Morgan fingerprint density at radius 2 is 2.00 bits per heavy atom. The van der Waals surface area contributed by atoms with Gasteiger partial charge < -0.3 is 4.98 Å². The summed E-state index contributed by atoms with van der Waals surface area (Å²) in [5.74, 6) is 0.339. The molecule has 0 unspecified atom stereocenters. The lowest BCUT2D eigenvalue weighted by Crippen LogP contribution is -1.99. The molecule has 0 aliphatic carbocycles. The highest BCUT2D eigenvalue weighted by molar-refractivity contribution is 6.03. The second kappa shape index (κ2) is 5.45. The lowest BCUT2D eigenvalue weighted by Gasteiger charge is -1.97. The summed E-state index contributed by atoms with van der Waals surface area (Å²) in [6, 6.07) is 9.84. The van der Waals surface area contributed by atoms with Crippen LogP contribution in [-0.4, -0.2) is 31.4 Å². The highest BCUT2D eigenvalue weighted by Crippen LogP contribution is 2.23. The molecule has 0 fully saturated rings. The third-order valence-corrected chi connectivity index (χ3v) is 3.45. The van der Waals surface area contributed by atoms with Crippen molar-refractivity contribution in [2.24, 2.45) is 5.10 Å². The number of nitrogens with one attached hydrogen (secondary N) is 2. The standard InChI is InChI=1S/C16H13N7/c1-10-2-3-13-12(8-10)14-15(19-13)20-16(23-21-14)22-18-9-11-4-6-17-7-5-11/h2-9H,1H3,(H2,19,20,22,23). The normalized spacial score (nSPS) is 11.5. The first-order valence-electron chi connectivity index (χ1n) is 7.11. The van der Waals surface area contributed by atoms with E-state index in [1.807, 2.05) is 31.2 Å². The van der Waals surface area contributed by atoms with Crippen LogP contribution in [0.4, 0.5) is 5.95 Å². The van der Waals surface area contributed by atoms with E-state index in [1.165, 1.54) is 5.56 Å². The van der Waals surface area contributed by atoms with Gasteiger partial charge in [-0.2, -0.15) is 10.1 Å². The van der Waals surface area contributed by atoms with Crippen LogP contribution in [0.2, 0.25) is 0 Å². The van der Waals surface area contributed by atoms with Crippen molar-refractivity contribution < 1.29 is 0 Å². The molecule has 3 heterocycles. The van der Waals surface area contributed by atoms with Gasteiger partial charge in [-0.3, -0.25) is 4.98 Å². The van der Waals surface area contributed by atoms with Crippen LogP contribution in [0, 0.1) is 6.92 Å². The smallest absolute Gasteiger partial charge is 0.265 e. The lowest BCUT2D eigenvalue weighted by molar-refractivity contribution is 1.01. The number of aromatic amines is 1. The maximum absolute atomic E-state index is 4.41. The van der Waals surface area contributed by atoms with Gasteiger partial charge in [0.2, 0.25) is 0 Å². The molecule has 0 saturated heterocycles. The number of hydrogen-bond donors (Lipinski definition) is 2. The molecule has 1 aromatic carbocycles. The van der Waals surface area contributed by atoms with Crippen molar-refractivity contribution in [3.63, 3.8) is 0 Å². The van der Waals surface area contributed by atoms with E-state index in [4.69, 9.17) is 0 Å². The van der Waals surface area contributed by atoms with E-state index in [0.29, 0.717) is 11.6 Å². The van der Waals surface area contributed by atoms with Crippen LogP contribution in [0.1, 0.15) is 11.1 Å². The Balaban J connectivity index is 1.64. The van der Waals surface area contributed by atoms with E-state index in [2.05, 4.69) is 41.7 Å². The van der Waals surface area contributed by atoms with Crippen molar-refractivity contribution in [3.8, 4) is 0 Å². The molecule has 0 aliphatic rings. The van der Waals surface area contributed by atoms with E-state index in [9.17, 15) is 0 Å². The minimum atomic E-state index is 0.339. The summed E-state index contributed by atoms with van der Waals surface area (Å²) in [6.45, 7) is 2.04. The van der Waals surface area contributed by atoms with Crippen LogP contribution >= 0.6 is 0 Å². The summed E-state index contributed by atoms with van der Waals surface area (Å²) < 4.78 is 0. The predicted molar refractivity (Wildman–Crippen MR) is 89.4 cm³/mol. The number of fused-ring (bicyclic) bond motifs is 3. The monoisotopic (exact) mass is 303 g/mol. The van der Waals surface area contributed by atoms with Gasteiger partial charge >= 0.3 is 0 Å². The van der Waals surface area contributed by atoms with E-state index >= 15 is 0 Å². The summed E-state index contributed by atoms with van der Waals surface area (Å²) in [4.78, 5) is 11.6. The maximum atomic E-state index is 4.41. The van der Waals surface area contributed by atoms with Gasteiger partial charge in [0.1, 0.15) is 5.52 Å². The topological polar surface area (TPSA) is 91.7 Å². The number of anilines is 1. The Kier molecular flexibility index (Phi) is 3.16.